The average Bonchev–Trinajstić information content (AvgIpc) is 2.47. The number of nitrogens with one attached hydrogen (secondary N) is 1. The molecule has 4 nitrogen and oxygen atoms in total. The summed E-state index contributed by atoms with van der Waals surface area (Å²) in [5, 5.41) is 2.96. The number of hydrogen-bond donors (Lipinski definition) is 2. The number of aryl methyl sites for hydroxylation is 1. The van der Waals surface area contributed by atoms with E-state index in [-0.39, 0.29) is 11.9 Å². The summed E-state index contributed by atoms with van der Waals surface area (Å²) in [6.45, 7) is 4.35. The monoisotopic (exact) mass is 269 g/mol. The van der Waals surface area contributed by atoms with Crippen LogP contribution < -0.4 is 11.1 Å². The molecule has 0 saturated heterocycles. The molecule has 0 saturated carbocycles. The summed E-state index contributed by atoms with van der Waals surface area (Å²) in [7, 11) is 0. The Morgan fingerprint density at radius 1 is 1.30 bits per heavy atom. The maximum Gasteiger partial charge on any atom is 0.270 e. The Balaban J connectivity index is 2.09. The Kier molecular flexibility index (Phi) is 4.48. The first-order chi connectivity index (χ1) is 9.61. The number of hydrogen-bond acceptors (Lipinski definition) is 3. The Hall–Kier alpha value is -2.20. The number of benzene rings is 1. The van der Waals surface area contributed by atoms with Gasteiger partial charge in [-0.2, -0.15) is 0 Å². The number of aromatic nitrogens is 1. The van der Waals surface area contributed by atoms with E-state index in [1.165, 1.54) is 0 Å². The minimum absolute atomic E-state index is 0.0734. The summed E-state index contributed by atoms with van der Waals surface area (Å²) in [5.74, 6) is -0.154. The predicted octanol–water partition coefficient (Wildman–Crippen LogP) is 2.34. The molecule has 0 aliphatic heterocycles. The second-order valence-electron chi connectivity index (χ2n) is 4.81. The molecular weight excluding hydrogens is 250 g/mol. The standard InChI is InChI=1S/C16H19N3O/c1-11-4-3-9-18-15(11)16(20)19-12(2)14-7-5-13(10-17)6-8-14/h3-9,12H,10,17H2,1-2H3,(H,19,20). The van der Waals surface area contributed by atoms with E-state index in [2.05, 4.69) is 10.3 Å². The van der Waals surface area contributed by atoms with E-state index in [1.54, 1.807) is 6.20 Å². The second kappa shape index (κ2) is 6.30. The topological polar surface area (TPSA) is 68.0 Å². The highest BCUT2D eigenvalue weighted by atomic mass is 16.1. The molecule has 4 heteroatoms. The number of rotatable bonds is 4. The summed E-state index contributed by atoms with van der Waals surface area (Å²) >= 11 is 0. The van der Waals surface area contributed by atoms with Gasteiger partial charge >= 0.3 is 0 Å². The van der Waals surface area contributed by atoms with Gasteiger partial charge in [0.25, 0.3) is 5.91 Å². The number of nitrogens with zero attached hydrogens (tertiary/aromatic N) is 1. The molecule has 2 rings (SSSR count). The summed E-state index contributed by atoms with van der Waals surface area (Å²) in [6, 6.07) is 11.5. The van der Waals surface area contributed by atoms with Gasteiger partial charge in [0.2, 0.25) is 0 Å². The molecule has 1 aromatic heterocycles. The van der Waals surface area contributed by atoms with Crippen LogP contribution in [0.15, 0.2) is 42.6 Å². The van der Waals surface area contributed by atoms with Crippen molar-refractivity contribution in [3.63, 3.8) is 0 Å². The van der Waals surface area contributed by atoms with Crippen molar-refractivity contribution in [1.82, 2.24) is 10.3 Å². The highest BCUT2D eigenvalue weighted by molar-refractivity contribution is 5.93. The van der Waals surface area contributed by atoms with Crippen molar-refractivity contribution in [1.29, 1.82) is 0 Å². The van der Waals surface area contributed by atoms with E-state index in [1.807, 2.05) is 50.2 Å². The lowest BCUT2D eigenvalue weighted by atomic mass is 10.1. The molecule has 0 bridgehead atoms. The van der Waals surface area contributed by atoms with Crippen molar-refractivity contribution in [2.75, 3.05) is 0 Å². The van der Waals surface area contributed by atoms with Gasteiger partial charge in [-0.15, -0.1) is 0 Å². The van der Waals surface area contributed by atoms with E-state index >= 15 is 0 Å². The van der Waals surface area contributed by atoms with E-state index < -0.39 is 0 Å². The highest BCUT2D eigenvalue weighted by Gasteiger charge is 2.14. The Morgan fingerprint density at radius 2 is 2.00 bits per heavy atom. The van der Waals surface area contributed by atoms with Crippen LogP contribution in [0.2, 0.25) is 0 Å². The first-order valence-corrected chi connectivity index (χ1v) is 6.63. The number of amides is 1. The van der Waals surface area contributed by atoms with Crippen LogP contribution in [0.1, 0.15) is 40.1 Å². The van der Waals surface area contributed by atoms with Crippen LogP contribution in [0, 0.1) is 6.92 Å². The van der Waals surface area contributed by atoms with E-state index in [0.717, 1.165) is 16.7 Å². The molecule has 3 N–H and O–H groups in total. The zero-order valence-corrected chi connectivity index (χ0v) is 11.8. The van der Waals surface area contributed by atoms with Gasteiger partial charge < -0.3 is 11.1 Å². The molecule has 0 radical (unpaired) electrons. The number of carbonyl (C=O) groups excluding carboxylic acids is 1. The van der Waals surface area contributed by atoms with Crippen molar-refractivity contribution < 1.29 is 4.79 Å². The zero-order valence-electron chi connectivity index (χ0n) is 11.8. The maximum atomic E-state index is 12.2. The number of nitrogens with two attached hydrogens (primary N) is 1. The molecule has 2 aromatic rings. The molecule has 20 heavy (non-hydrogen) atoms. The first kappa shape index (κ1) is 14.2. The van der Waals surface area contributed by atoms with Gasteiger partial charge in [0, 0.05) is 12.7 Å². The number of carbonyl (C=O) groups is 1. The molecule has 104 valence electrons. The number of pyridine rings is 1. The Bertz CT molecular complexity index is 593. The molecule has 0 aliphatic carbocycles. The Labute approximate surface area is 119 Å². The van der Waals surface area contributed by atoms with Crippen LogP contribution in [0.5, 0.6) is 0 Å². The molecule has 1 amide bonds. The van der Waals surface area contributed by atoms with Crippen molar-refractivity contribution in [3.05, 3.63) is 65.0 Å². The predicted molar refractivity (Wildman–Crippen MR) is 79.2 cm³/mol. The van der Waals surface area contributed by atoms with Crippen LogP contribution in [-0.4, -0.2) is 10.9 Å². The fourth-order valence-electron chi connectivity index (χ4n) is 2.01. The van der Waals surface area contributed by atoms with Gasteiger partial charge in [-0.05, 0) is 36.6 Å². The smallest absolute Gasteiger partial charge is 0.270 e. The minimum Gasteiger partial charge on any atom is -0.344 e. The molecule has 0 fully saturated rings. The van der Waals surface area contributed by atoms with Crippen molar-refractivity contribution in [2.24, 2.45) is 5.73 Å². The third-order valence-corrected chi connectivity index (χ3v) is 3.29. The van der Waals surface area contributed by atoms with E-state index in [9.17, 15) is 4.79 Å². The van der Waals surface area contributed by atoms with Gasteiger partial charge in [-0.1, -0.05) is 30.3 Å². The van der Waals surface area contributed by atoms with Gasteiger partial charge in [0.05, 0.1) is 6.04 Å². The molecule has 1 aromatic carbocycles. The Morgan fingerprint density at radius 3 is 2.60 bits per heavy atom. The first-order valence-electron chi connectivity index (χ1n) is 6.63. The average molecular weight is 269 g/mol. The van der Waals surface area contributed by atoms with E-state index in [0.29, 0.717) is 12.2 Å². The van der Waals surface area contributed by atoms with Gasteiger partial charge in [-0.3, -0.25) is 9.78 Å². The summed E-state index contributed by atoms with van der Waals surface area (Å²) in [6.07, 6.45) is 1.63. The third kappa shape index (κ3) is 3.22. The van der Waals surface area contributed by atoms with Crippen LogP contribution in [0.25, 0.3) is 0 Å². The van der Waals surface area contributed by atoms with Gasteiger partial charge in [-0.25, -0.2) is 0 Å². The lowest BCUT2D eigenvalue weighted by Gasteiger charge is -2.15. The summed E-state index contributed by atoms with van der Waals surface area (Å²) in [5.41, 5.74) is 9.03. The van der Waals surface area contributed by atoms with Crippen molar-refractivity contribution in [2.45, 2.75) is 26.4 Å². The van der Waals surface area contributed by atoms with Gasteiger partial charge in [0.15, 0.2) is 0 Å². The lowest BCUT2D eigenvalue weighted by Crippen LogP contribution is -2.28. The molecule has 0 aliphatic rings. The SMILES string of the molecule is Cc1cccnc1C(=O)NC(C)c1ccc(CN)cc1. The molecule has 1 unspecified atom stereocenters. The van der Waals surface area contributed by atoms with Crippen LogP contribution in [-0.2, 0) is 6.54 Å². The molecule has 1 atom stereocenters. The van der Waals surface area contributed by atoms with Crippen molar-refractivity contribution >= 4 is 5.91 Å². The minimum atomic E-state index is -0.154. The summed E-state index contributed by atoms with van der Waals surface area (Å²) in [4.78, 5) is 16.3. The summed E-state index contributed by atoms with van der Waals surface area (Å²) < 4.78 is 0. The zero-order chi connectivity index (χ0) is 14.5. The van der Waals surface area contributed by atoms with Crippen LogP contribution in [0.3, 0.4) is 0 Å². The van der Waals surface area contributed by atoms with Crippen molar-refractivity contribution in [3.8, 4) is 0 Å². The normalized spacial score (nSPS) is 11.9. The molecular formula is C16H19N3O. The largest absolute Gasteiger partial charge is 0.344 e. The maximum absolute atomic E-state index is 12.2. The lowest BCUT2D eigenvalue weighted by molar-refractivity contribution is 0.0934. The quantitative estimate of drug-likeness (QED) is 0.895. The molecule has 1 heterocycles. The fraction of sp³-hybridized carbons (Fsp3) is 0.250. The third-order valence-electron chi connectivity index (χ3n) is 3.29. The molecule has 0 spiro atoms. The van der Waals surface area contributed by atoms with Crippen LogP contribution in [0.4, 0.5) is 0 Å². The van der Waals surface area contributed by atoms with Crippen LogP contribution >= 0.6 is 0 Å². The fourth-order valence-corrected chi connectivity index (χ4v) is 2.01. The highest BCUT2D eigenvalue weighted by Crippen LogP contribution is 2.14. The van der Waals surface area contributed by atoms with Gasteiger partial charge in [0.1, 0.15) is 5.69 Å². The second-order valence-corrected chi connectivity index (χ2v) is 4.81. The van der Waals surface area contributed by atoms with E-state index in [4.69, 9.17) is 5.73 Å².